The summed E-state index contributed by atoms with van der Waals surface area (Å²) < 4.78 is 30.8. The second kappa shape index (κ2) is 9.46. The van der Waals surface area contributed by atoms with E-state index < -0.39 is 10.0 Å². The number of sulfonamides is 1. The Balaban J connectivity index is 1.38. The van der Waals surface area contributed by atoms with E-state index in [2.05, 4.69) is 14.8 Å². The predicted octanol–water partition coefficient (Wildman–Crippen LogP) is 0.134. The predicted molar refractivity (Wildman–Crippen MR) is 133 cm³/mol. The van der Waals surface area contributed by atoms with Gasteiger partial charge in [-0.1, -0.05) is 0 Å². The summed E-state index contributed by atoms with van der Waals surface area (Å²) >= 11 is 1.82. The summed E-state index contributed by atoms with van der Waals surface area (Å²) in [4.78, 5) is 19.7. The van der Waals surface area contributed by atoms with Crippen molar-refractivity contribution in [1.82, 2.24) is 24.2 Å². The number of nitrogens with zero attached hydrogens (tertiary/aromatic N) is 6. The Morgan fingerprint density at radius 3 is 2.35 bits per heavy atom. The van der Waals surface area contributed by atoms with Crippen molar-refractivity contribution in [3.8, 4) is 11.4 Å². The summed E-state index contributed by atoms with van der Waals surface area (Å²) in [5, 5.41) is 0.330. The van der Waals surface area contributed by atoms with Crippen molar-refractivity contribution in [2.24, 2.45) is 0 Å². The minimum Gasteiger partial charge on any atom is -0.384 e. The molecule has 2 aromatic rings. The maximum atomic E-state index is 11.8. The van der Waals surface area contributed by atoms with Crippen LogP contribution < -0.4 is 16.4 Å². The van der Waals surface area contributed by atoms with Crippen LogP contribution in [0.3, 0.4) is 0 Å². The fourth-order valence-corrected chi connectivity index (χ4v) is 6.85. The monoisotopic (exact) mass is 506 g/mol. The Labute approximate surface area is 203 Å². The fraction of sp³-hybridized carbons (Fsp3) is 0.571. The van der Waals surface area contributed by atoms with Gasteiger partial charge in [-0.25, -0.2) is 23.4 Å². The highest BCUT2D eigenvalue weighted by molar-refractivity contribution is 8.00. The van der Waals surface area contributed by atoms with Crippen LogP contribution in [0.4, 0.5) is 17.5 Å². The lowest BCUT2D eigenvalue weighted by atomic mass is 10.1. The normalized spacial score (nSPS) is 22.1. The summed E-state index contributed by atoms with van der Waals surface area (Å²) in [6.07, 6.45) is 2.11. The molecule has 0 aromatic carbocycles. The summed E-state index contributed by atoms with van der Waals surface area (Å²) in [5.74, 6) is 2.22. The molecule has 0 amide bonds. The van der Waals surface area contributed by atoms with Gasteiger partial charge in [0.2, 0.25) is 10.0 Å². The van der Waals surface area contributed by atoms with Crippen LogP contribution in [0.1, 0.15) is 5.69 Å². The molecular weight excluding hydrogens is 476 g/mol. The number of rotatable bonds is 5. The summed E-state index contributed by atoms with van der Waals surface area (Å²) in [6, 6.07) is 3.50. The zero-order valence-electron chi connectivity index (χ0n) is 19.2. The van der Waals surface area contributed by atoms with E-state index in [0.29, 0.717) is 49.0 Å². The Kier molecular flexibility index (Phi) is 6.55. The van der Waals surface area contributed by atoms with Gasteiger partial charge in [0, 0.05) is 63.0 Å². The Hall–Kier alpha value is -2.19. The third kappa shape index (κ3) is 5.08. The lowest BCUT2D eigenvalue weighted by Crippen LogP contribution is -2.49. The van der Waals surface area contributed by atoms with Crippen molar-refractivity contribution < 1.29 is 13.2 Å². The fourth-order valence-electron chi connectivity index (χ4n) is 4.62. The first-order valence-electron chi connectivity index (χ1n) is 11.4. The molecule has 0 radical (unpaired) electrons. The molecular formula is C21H30N8O3S2. The van der Waals surface area contributed by atoms with Gasteiger partial charge in [-0.05, 0) is 12.1 Å². The highest BCUT2D eigenvalue weighted by Crippen LogP contribution is 2.43. The van der Waals surface area contributed by atoms with Gasteiger partial charge in [-0.3, -0.25) is 4.90 Å². The Morgan fingerprint density at radius 2 is 1.71 bits per heavy atom. The molecule has 0 spiro atoms. The van der Waals surface area contributed by atoms with Gasteiger partial charge in [0.25, 0.3) is 0 Å². The molecule has 0 aliphatic carbocycles. The molecule has 3 aliphatic rings. The van der Waals surface area contributed by atoms with Crippen LogP contribution in [-0.4, -0.2) is 103 Å². The number of ether oxygens (including phenoxy) is 1. The molecule has 2 aromatic heterocycles. The van der Waals surface area contributed by atoms with E-state index in [1.165, 1.54) is 6.26 Å². The average molecular weight is 507 g/mol. The van der Waals surface area contributed by atoms with Crippen LogP contribution in [0.2, 0.25) is 0 Å². The second-order valence-corrected chi connectivity index (χ2v) is 12.2. The van der Waals surface area contributed by atoms with Gasteiger partial charge in [-0.15, -0.1) is 11.8 Å². The van der Waals surface area contributed by atoms with Crippen LogP contribution in [0, 0.1) is 0 Å². The van der Waals surface area contributed by atoms with Crippen molar-refractivity contribution in [2.45, 2.75) is 16.6 Å². The second-order valence-electron chi connectivity index (χ2n) is 8.86. The molecule has 1 atom stereocenters. The number of morpholine rings is 1. The zero-order valence-corrected chi connectivity index (χ0v) is 20.8. The molecule has 11 nitrogen and oxygen atoms in total. The highest BCUT2D eigenvalue weighted by atomic mass is 32.2. The van der Waals surface area contributed by atoms with Crippen molar-refractivity contribution in [2.75, 3.05) is 81.7 Å². The van der Waals surface area contributed by atoms with Gasteiger partial charge >= 0.3 is 0 Å². The van der Waals surface area contributed by atoms with E-state index in [9.17, 15) is 8.42 Å². The molecule has 2 saturated heterocycles. The maximum Gasteiger partial charge on any atom is 0.211 e. The van der Waals surface area contributed by atoms with Crippen molar-refractivity contribution in [3.05, 3.63) is 17.8 Å². The molecule has 5 rings (SSSR count). The van der Waals surface area contributed by atoms with E-state index in [1.807, 2.05) is 11.8 Å². The van der Waals surface area contributed by atoms with Crippen LogP contribution in [0.5, 0.6) is 0 Å². The first-order chi connectivity index (χ1) is 16.3. The van der Waals surface area contributed by atoms with Crippen LogP contribution in [-0.2, 0) is 21.2 Å². The zero-order chi connectivity index (χ0) is 23.9. The number of pyridine rings is 1. The molecule has 3 aliphatic heterocycles. The van der Waals surface area contributed by atoms with E-state index >= 15 is 0 Å². The van der Waals surface area contributed by atoms with Gasteiger partial charge in [0.05, 0.1) is 30.1 Å². The van der Waals surface area contributed by atoms with Gasteiger partial charge in [-0.2, -0.15) is 4.31 Å². The molecule has 1 unspecified atom stereocenters. The number of hydrogen-bond donors (Lipinski definition) is 2. The quantitative estimate of drug-likeness (QED) is 0.571. The molecule has 4 N–H and O–H groups in total. The third-order valence-electron chi connectivity index (χ3n) is 6.32. The van der Waals surface area contributed by atoms with E-state index in [1.54, 1.807) is 16.4 Å². The van der Waals surface area contributed by atoms with E-state index in [-0.39, 0.29) is 0 Å². The number of thioether (sulfide) groups is 1. The first kappa shape index (κ1) is 23.5. The summed E-state index contributed by atoms with van der Waals surface area (Å²) in [6.45, 7) is 6.33. The third-order valence-corrected chi connectivity index (χ3v) is 8.93. The number of anilines is 3. The SMILES string of the molecule is CS(=O)(=O)N1CCN(CC2Cc3nc(-c4cc(N)nc(N)c4)nc(N4CCOCC4)c3S2)CC1. The molecule has 0 bridgehead atoms. The number of piperazine rings is 1. The lowest BCUT2D eigenvalue weighted by Gasteiger charge is -2.34. The van der Waals surface area contributed by atoms with Gasteiger partial charge < -0.3 is 21.1 Å². The lowest BCUT2D eigenvalue weighted by molar-refractivity contribution is 0.122. The Morgan fingerprint density at radius 1 is 1.03 bits per heavy atom. The average Bonchev–Trinajstić information content (AvgIpc) is 3.20. The standard InChI is InChI=1S/C21H30N8O3S2/c1-34(30,31)29-4-2-27(3-5-29)13-15-12-16-19(33-15)21(28-6-8-32-9-7-28)26-20(24-16)14-10-17(22)25-18(23)11-14/h10-11,15H,2-9,12-13H2,1H3,(H4,22,23,25). The van der Waals surface area contributed by atoms with Gasteiger partial charge in [0.1, 0.15) is 17.5 Å². The molecule has 184 valence electrons. The number of nitrogen functional groups attached to an aromatic ring is 2. The van der Waals surface area contributed by atoms with E-state index in [0.717, 1.165) is 61.1 Å². The summed E-state index contributed by atoms with van der Waals surface area (Å²) in [7, 11) is -3.13. The van der Waals surface area contributed by atoms with Crippen LogP contribution in [0.25, 0.3) is 11.4 Å². The topological polar surface area (TPSA) is 144 Å². The number of nitrogens with two attached hydrogens (primary N) is 2. The molecule has 0 saturated carbocycles. The number of aromatic nitrogens is 3. The largest absolute Gasteiger partial charge is 0.384 e. The van der Waals surface area contributed by atoms with Crippen molar-refractivity contribution in [1.29, 1.82) is 0 Å². The first-order valence-corrected chi connectivity index (χ1v) is 14.1. The van der Waals surface area contributed by atoms with Crippen LogP contribution >= 0.6 is 11.8 Å². The van der Waals surface area contributed by atoms with Crippen LogP contribution in [0.15, 0.2) is 17.0 Å². The molecule has 13 heteroatoms. The minimum absolute atomic E-state index is 0.330. The molecule has 5 heterocycles. The Bertz CT molecular complexity index is 1140. The van der Waals surface area contributed by atoms with E-state index in [4.69, 9.17) is 26.2 Å². The molecule has 34 heavy (non-hydrogen) atoms. The maximum absolute atomic E-state index is 11.8. The minimum atomic E-state index is -3.13. The van der Waals surface area contributed by atoms with Gasteiger partial charge in [0.15, 0.2) is 5.82 Å². The number of hydrogen-bond acceptors (Lipinski definition) is 11. The van der Waals surface area contributed by atoms with Crippen molar-refractivity contribution >= 4 is 39.2 Å². The summed E-state index contributed by atoms with van der Waals surface area (Å²) in [5.41, 5.74) is 13.6. The number of fused-ring (bicyclic) bond motifs is 1. The molecule has 2 fully saturated rings. The highest BCUT2D eigenvalue weighted by Gasteiger charge is 2.33. The van der Waals surface area contributed by atoms with Crippen molar-refractivity contribution in [3.63, 3.8) is 0 Å². The smallest absolute Gasteiger partial charge is 0.211 e.